The molecule has 0 amide bonds. The van der Waals surface area contributed by atoms with Crippen molar-refractivity contribution in [3.05, 3.63) is 22.7 Å². The molecule has 0 radical (unpaired) electrons. The van der Waals surface area contributed by atoms with Gasteiger partial charge in [-0.3, -0.25) is 4.90 Å². The summed E-state index contributed by atoms with van der Waals surface area (Å²) in [6.07, 6.45) is 2.06. The zero-order chi connectivity index (χ0) is 13.8. The van der Waals surface area contributed by atoms with Gasteiger partial charge in [0, 0.05) is 12.6 Å². The van der Waals surface area contributed by atoms with Crippen LogP contribution < -0.4 is 10.5 Å². The first-order valence-corrected chi connectivity index (χ1v) is 7.10. The van der Waals surface area contributed by atoms with Crippen LogP contribution in [0.3, 0.4) is 0 Å². The number of hydrogen-bond acceptors (Lipinski definition) is 4. The number of phenolic OH excluding ortho intramolecular Hbond substituents is 1. The lowest BCUT2D eigenvalue weighted by Crippen LogP contribution is -2.39. The highest BCUT2D eigenvalue weighted by Crippen LogP contribution is 2.35. The summed E-state index contributed by atoms with van der Waals surface area (Å²) in [5, 5.41) is 10.1. The van der Waals surface area contributed by atoms with Crippen LogP contribution >= 0.6 is 11.6 Å². The van der Waals surface area contributed by atoms with Crippen LogP contribution in [0.25, 0.3) is 0 Å². The summed E-state index contributed by atoms with van der Waals surface area (Å²) in [6.45, 7) is 5.21. The lowest BCUT2D eigenvalue weighted by atomic mass is 10.1. The standard InChI is InChI=1S/C14H21ClN2O2/c1-2-19-13-8-10(7-12(15)14(13)18)9-17-5-3-11(16)4-6-17/h7-8,11,18H,2-6,9,16H2,1H3. The maximum atomic E-state index is 9.81. The van der Waals surface area contributed by atoms with E-state index in [1.807, 2.05) is 13.0 Å². The second-order valence-electron chi connectivity index (χ2n) is 4.97. The Morgan fingerprint density at radius 1 is 1.42 bits per heavy atom. The molecule has 0 bridgehead atoms. The molecule has 0 unspecified atom stereocenters. The molecule has 0 aliphatic carbocycles. The Morgan fingerprint density at radius 2 is 2.11 bits per heavy atom. The van der Waals surface area contributed by atoms with Crippen molar-refractivity contribution >= 4 is 11.6 Å². The second kappa shape index (κ2) is 6.46. The van der Waals surface area contributed by atoms with E-state index in [2.05, 4.69) is 4.90 Å². The molecule has 2 rings (SSSR count). The van der Waals surface area contributed by atoms with Crippen LogP contribution in [0.15, 0.2) is 12.1 Å². The van der Waals surface area contributed by atoms with Gasteiger partial charge in [-0.2, -0.15) is 0 Å². The van der Waals surface area contributed by atoms with Crippen LogP contribution in [0.4, 0.5) is 0 Å². The van der Waals surface area contributed by atoms with Crippen molar-refractivity contribution in [2.75, 3.05) is 19.7 Å². The predicted molar refractivity (Wildman–Crippen MR) is 76.8 cm³/mol. The monoisotopic (exact) mass is 284 g/mol. The molecule has 5 heteroatoms. The third kappa shape index (κ3) is 3.75. The van der Waals surface area contributed by atoms with Crippen molar-refractivity contribution in [3.63, 3.8) is 0 Å². The van der Waals surface area contributed by atoms with E-state index >= 15 is 0 Å². The largest absolute Gasteiger partial charge is 0.503 e. The van der Waals surface area contributed by atoms with Gasteiger partial charge in [-0.05, 0) is 50.6 Å². The minimum Gasteiger partial charge on any atom is -0.503 e. The fourth-order valence-electron chi connectivity index (χ4n) is 2.35. The number of piperidine rings is 1. The van der Waals surface area contributed by atoms with E-state index in [1.54, 1.807) is 6.07 Å². The molecule has 106 valence electrons. The van der Waals surface area contributed by atoms with Crippen LogP contribution in [0, 0.1) is 0 Å². The number of likely N-dealkylation sites (tertiary alicyclic amines) is 1. The minimum absolute atomic E-state index is 0.0212. The van der Waals surface area contributed by atoms with Crippen molar-refractivity contribution in [2.45, 2.75) is 32.4 Å². The first-order valence-electron chi connectivity index (χ1n) is 6.72. The summed E-state index contributed by atoms with van der Waals surface area (Å²) in [4.78, 5) is 2.35. The van der Waals surface area contributed by atoms with Crippen molar-refractivity contribution in [1.82, 2.24) is 4.90 Å². The van der Waals surface area contributed by atoms with Crippen molar-refractivity contribution in [1.29, 1.82) is 0 Å². The van der Waals surface area contributed by atoms with E-state index in [0.29, 0.717) is 23.4 Å². The summed E-state index contributed by atoms with van der Waals surface area (Å²) in [7, 11) is 0. The number of benzene rings is 1. The molecule has 0 aromatic heterocycles. The van der Waals surface area contributed by atoms with E-state index in [9.17, 15) is 5.11 Å². The van der Waals surface area contributed by atoms with Gasteiger partial charge in [0.2, 0.25) is 0 Å². The summed E-state index contributed by atoms with van der Waals surface area (Å²) in [5.41, 5.74) is 6.95. The van der Waals surface area contributed by atoms with Crippen LogP contribution in [0.1, 0.15) is 25.3 Å². The summed E-state index contributed by atoms with van der Waals surface area (Å²) < 4.78 is 5.39. The number of aromatic hydroxyl groups is 1. The van der Waals surface area contributed by atoms with Gasteiger partial charge < -0.3 is 15.6 Å². The molecule has 3 N–H and O–H groups in total. The fraction of sp³-hybridized carbons (Fsp3) is 0.571. The van der Waals surface area contributed by atoms with Gasteiger partial charge in [-0.25, -0.2) is 0 Å². The first-order chi connectivity index (χ1) is 9.10. The molecule has 0 spiro atoms. The Hall–Kier alpha value is -0.970. The van der Waals surface area contributed by atoms with Crippen LogP contribution in [-0.4, -0.2) is 35.7 Å². The topological polar surface area (TPSA) is 58.7 Å². The van der Waals surface area contributed by atoms with E-state index in [0.717, 1.165) is 38.0 Å². The Morgan fingerprint density at radius 3 is 2.74 bits per heavy atom. The molecule has 1 heterocycles. The smallest absolute Gasteiger partial charge is 0.176 e. The van der Waals surface area contributed by atoms with Gasteiger partial charge in [0.15, 0.2) is 11.5 Å². The van der Waals surface area contributed by atoms with Crippen LogP contribution in [0.2, 0.25) is 5.02 Å². The number of nitrogens with two attached hydrogens (primary N) is 1. The summed E-state index contributed by atoms with van der Waals surface area (Å²) in [5.74, 6) is 0.478. The molecule has 1 aliphatic heterocycles. The number of rotatable bonds is 4. The van der Waals surface area contributed by atoms with Gasteiger partial charge >= 0.3 is 0 Å². The molecule has 0 saturated carbocycles. The Bertz CT molecular complexity index is 432. The highest BCUT2D eigenvalue weighted by molar-refractivity contribution is 6.32. The average molecular weight is 285 g/mol. The minimum atomic E-state index is 0.0212. The Kier molecular flexibility index (Phi) is 4.91. The molecule has 1 saturated heterocycles. The predicted octanol–water partition coefficient (Wildman–Crippen LogP) is 2.37. The van der Waals surface area contributed by atoms with E-state index in [4.69, 9.17) is 22.1 Å². The zero-order valence-corrected chi connectivity index (χ0v) is 12.0. The van der Waals surface area contributed by atoms with E-state index in [1.165, 1.54) is 0 Å². The van der Waals surface area contributed by atoms with E-state index < -0.39 is 0 Å². The molecule has 1 aromatic rings. The van der Waals surface area contributed by atoms with E-state index in [-0.39, 0.29) is 5.75 Å². The molecular weight excluding hydrogens is 264 g/mol. The lowest BCUT2D eigenvalue weighted by Gasteiger charge is -2.30. The quantitative estimate of drug-likeness (QED) is 0.891. The number of halogens is 1. The zero-order valence-electron chi connectivity index (χ0n) is 11.2. The van der Waals surface area contributed by atoms with Gasteiger partial charge in [-0.1, -0.05) is 11.6 Å². The number of hydrogen-bond donors (Lipinski definition) is 2. The second-order valence-corrected chi connectivity index (χ2v) is 5.38. The van der Waals surface area contributed by atoms with Crippen molar-refractivity contribution in [2.24, 2.45) is 5.73 Å². The molecule has 0 atom stereocenters. The average Bonchev–Trinajstić information content (AvgIpc) is 2.38. The van der Waals surface area contributed by atoms with Gasteiger partial charge in [-0.15, -0.1) is 0 Å². The lowest BCUT2D eigenvalue weighted by molar-refractivity contribution is 0.205. The van der Waals surface area contributed by atoms with Crippen LogP contribution in [0.5, 0.6) is 11.5 Å². The van der Waals surface area contributed by atoms with Gasteiger partial charge in [0.05, 0.1) is 11.6 Å². The number of nitrogens with zero attached hydrogens (tertiary/aromatic N) is 1. The SMILES string of the molecule is CCOc1cc(CN2CCC(N)CC2)cc(Cl)c1O. The highest BCUT2D eigenvalue weighted by Gasteiger charge is 2.17. The molecule has 19 heavy (non-hydrogen) atoms. The molecular formula is C14H21ClN2O2. The van der Waals surface area contributed by atoms with Gasteiger partial charge in [0.1, 0.15) is 0 Å². The molecule has 1 aliphatic rings. The third-order valence-corrected chi connectivity index (χ3v) is 3.71. The van der Waals surface area contributed by atoms with Crippen molar-refractivity contribution < 1.29 is 9.84 Å². The maximum Gasteiger partial charge on any atom is 0.176 e. The Labute approximate surface area is 119 Å². The Balaban J connectivity index is 2.07. The fourth-order valence-corrected chi connectivity index (χ4v) is 2.59. The normalized spacial score (nSPS) is 17.6. The summed E-state index contributed by atoms with van der Waals surface area (Å²) >= 11 is 6.03. The van der Waals surface area contributed by atoms with Crippen molar-refractivity contribution in [3.8, 4) is 11.5 Å². The molecule has 4 nitrogen and oxygen atoms in total. The highest BCUT2D eigenvalue weighted by atomic mass is 35.5. The first kappa shape index (κ1) is 14.4. The van der Waals surface area contributed by atoms with Crippen LogP contribution in [-0.2, 0) is 6.54 Å². The maximum absolute atomic E-state index is 9.81. The van der Waals surface area contributed by atoms with Gasteiger partial charge in [0.25, 0.3) is 0 Å². The summed E-state index contributed by atoms with van der Waals surface area (Å²) in [6, 6.07) is 3.99. The number of ether oxygens (including phenoxy) is 1. The molecule has 1 fully saturated rings. The third-order valence-electron chi connectivity index (χ3n) is 3.43. The molecule has 1 aromatic carbocycles. The number of phenols is 1.